The summed E-state index contributed by atoms with van der Waals surface area (Å²) in [7, 11) is 0. The predicted octanol–water partition coefficient (Wildman–Crippen LogP) is 3.93. The van der Waals surface area contributed by atoms with E-state index in [1.807, 2.05) is 67.3 Å². The van der Waals surface area contributed by atoms with Crippen LogP contribution in [0.3, 0.4) is 0 Å². The van der Waals surface area contributed by atoms with Gasteiger partial charge in [0.15, 0.2) is 5.78 Å². The largest absolute Gasteiger partial charge is 0.290 e. The third-order valence-electron chi connectivity index (χ3n) is 4.14. The fourth-order valence-corrected chi connectivity index (χ4v) is 6.80. The van der Waals surface area contributed by atoms with Crippen molar-refractivity contribution in [2.24, 2.45) is 0 Å². The molecule has 0 bridgehead atoms. The lowest BCUT2D eigenvalue weighted by Crippen LogP contribution is -2.28. The molecule has 0 aliphatic heterocycles. The van der Waals surface area contributed by atoms with E-state index in [0.29, 0.717) is 0 Å². The average Bonchev–Trinajstić information content (AvgIpc) is 2.68. The quantitative estimate of drug-likeness (QED) is 0.506. The molecule has 124 valence electrons. The van der Waals surface area contributed by atoms with E-state index < -0.39 is 6.89 Å². The predicted molar refractivity (Wildman–Crippen MR) is 111 cm³/mol. The van der Waals surface area contributed by atoms with Crippen LogP contribution in [-0.4, -0.2) is 11.6 Å². The van der Waals surface area contributed by atoms with E-state index in [9.17, 15) is 4.79 Å². The highest BCUT2D eigenvalue weighted by Crippen LogP contribution is 2.43. The highest BCUT2D eigenvalue weighted by molar-refractivity contribution is 7.95. The van der Waals surface area contributed by atoms with Crippen LogP contribution < -0.4 is 15.9 Å². The molecular weight excluding hydrogens is 323 g/mol. The molecule has 2 heteroatoms. The molecule has 3 aromatic carbocycles. The Balaban J connectivity index is 2.42. The summed E-state index contributed by atoms with van der Waals surface area (Å²) in [6.07, 6.45) is 3.44. The minimum absolute atomic E-state index is 0.0485. The van der Waals surface area contributed by atoms with Crippen LogP contribution in [0.2, 0.25) is 0 Å². The Morgan fingerprint density at radius 3 is 1.36 bits per heavy atom. The van der Waals surface area contributed by atoms with E-state index in [1.54, 1.807) is 12.2 Å². The lowest BCUT2D eigenvalue weighted by atomic mass is 10.4. The maximum atomic E-state index is 12.7. The van der Waals surface area contributed by atoms with Crippen molar-refractivity contribution in [2.45, 2.75) is 6.92 Å². The maximum Gasteiger partial charge on any atom is 0.179 e. The average molecular weight is 344 g/mol. The van der Waals surface area contributed by atoms with Crippen LogP contribution in [0.1, 0.15) is 6.92 Å². The molecule has 0 fully saturated rings. The molecule has 0 spiro atoms. The molecule has 0 saturated heterocycles. The number of hydrogen-bond donors (Lipinski definition) is 0. The molecule has 0 saturated carbocycles. The monoisotopic (exact) mass is 344 g/mol. The van der Waals surface area contributed by atoms with Crippen molar-refractivity contribution in [3.63, 3.8) is 0 Å². The topological polar surface area (TPSA) is 17.1 Å². The molecule has 25 heavy (non-hydrogen) atoms. The first-order valence-corrected chi connectivity index (χ1v) is 10.2. The van der Waals surface area contributed by atoms with Gasteiger partial charge in [-0.15, -0.1) is 0 Å². The van der Waals surface area contributed by atoms with Crippen LogP contribution in [0, 0.1) is 0 Å². The van der Waals surface area contributed by atoms with Gasteiger partial charge in [-0.1, -0.05) is 97.1 Å². The molecule has 0 aliphatic carbocycles. The second kappa shape index (κ2) is 7.96. The number of allylic oxidation sites excluding steroid dienone is 2. The summed E-state index contributed by atoms with van der Waals surface area (Å²) < 4.78 is 0. The van der Waals surface area contributed by atoms with Crippen molar-refractivity contribution in [1.29, 1.82) is 0 Å². The van der Waals surface area contributed by atoms with Crippen molar-refractivity contribution in [3.05, 3.63) is 103 Å². The van der Waals surface area contributed by atoms with Crippen molar-refractivity contribution < 1.29 is 4.79 Å². The Morgan fingerprint density at radius 2 is 1.04 bits per heavy atom. The molecule has 0 aliphatic rings. The first-order valence-electron chi connectivity index (χ1n) is 8.35. The second-order valence-corrected chi connectivity index (χ2v) is 9.01. The smallest absolute Gasteiger partial charge is 0.179 e. The van der Waals surface area contributed by atoms with Crippen LogP contribution in [0.25, 0.3) is 0 Å². The SMILES string of the molecule is C/C=C/C(=O)C=P(c1ccccc1)(c1ccccc1)c1ccccc1. The molecule has 0 N–H and O–H groups in total. The number of ketones is 1. The lowest BCUT2D eigenvalue weighted by Gasteiger charge is -2.28. The Bertz CT molecular complexity index is 807. The van der Waals surface area contributed by atoms with Crippen LogP contribution >= 0.6 is 6.89 Å². The van der Waals surface area contributed by atoms with Gasteiger partial charge in [0.05, 0.1) is 0 Å². The molecular formula is C23H21OP. The van der Waals surface area contributed by atoms with E-state index in [2.05, 4.69) is 36.4 Å². The molecule has 3 rings (SSSR count). The summed E-state index contributed by atoms with van der Waals surface area (Å²) in [6, 6.07) is 31.1. The zero-order chi connectivity index (χ0) is 17.5. The van der Waals surface area contributed by atoms with Crippen molar-refractivity contribution in [2.75, 3.05) is 0 Å². The fraction of sp³-hybridized carbons (Fsp3) is 0.0435. The summed E-state index contributed by atoms with van der Waals surface area (Å²) >= 11 is 0. The maximum absolute atomic E-state index is 12.7. The van der Waals surface area contributed by atoms with E-state index in [4.69, 9.17) is 0 Å². The molecule has 1 nitrogen and oxygen atoms in total. The zero-order valence-electron chi connectivity index (χ0n) is 14.2. The Labute approximate surface area is 149 Å². The molecule has 0 aromatic heterocycles. The highest BCUT2D eigenvalue weighted by atomic mass is 31.2. The van der Waals surface area contributed by atoms with Gasteiger partial charge in [0.1, 0.15) is 0 Å². The van der Waals surface area contributed by atoms with Gasteiger partial charge in [0, 0.05) is 0 Å². The van der Waals surface area contributed by atoms with Gasteiger partial charge in [0.25, 0.3) is 0 Å². The first kappa shape index (κ1) is 17.2. The Hall–Kier alpha value is -2.63. The normalized spacial score (nSPS) is 11.4. The Kier molecular flexibility index (Phi) is 5.48. The van der Waals surface area contributed by atoms with Gasteiger partial charge in [-0.25, -0.2) is 0 Å². The standard InChI is InChI=1S/C23H21OP/c1-2-12-20(24)19-25(21-13-6-3-7-14-21,22-15-8-4-9-16-22)23-17-10-5-11-18-23/h2-19H,1H3/b12-2+. The molecule has 0 atom stereocenters. The minimum Gasteiger partial charge on any atom is -0.290 e. The van der Waals surface area contributed by atoms with Gasteiger partial charge in [0.2, 0.25) is 0 Å². The summed E-state index contributed by atoms with van der Waals surface area (Å²) in [5, 5.41) is 3.56. The van der Waals surface area contributed by atoms with E-state index in [-0.39, 0.29) is 5.78 Å². The molecule has 3 aromatic rings. The second-order valence-electron chi connectivity index (χ2n) is 5.76. The lowest BCUT2D eigenvalue weighted by molar-refractivity contribution is -0.108. The number of rotatable bonds is 5. The summed E-state index contributed by atoms with van der Waals surface area (Å²) in [5.74, 6) is 1.99. The van der Waals surface area contributed by atoms with Gasteiger partial charge in [-0.3, -0.25) is 4.79 Å². The van der Waals surface area contributed by atoms with Crippen LogP contribution in [0.15, 0.2) is 103 Å². The van der Waals surface area contributed by atoms with Crippen LogP contribution in [0.5, 0.6) is 0 Å². The zero-order valence-corrected chi connectivity index (χ0v) is 15.1. The third kappa shape index (κ3) is 3.57. The summed E-state index contributed by atoms with van der Waals surface area (Å²) in [6.45, 7) is -0.290. The minimum atomic E-state index is -2.16. The van der Waals surface area contributed by atoms with Gasteiger partial charge >= 0.3 is 0 Å². The molecule has 0 amide bonds. The van der Waals surface area contributed by atoms with Gasteiger partial charge in [-0.2, -0.15) is 0 Å². The van der Waals surface area contributed by atoms with E-state index in [0.717, 1.165) is 0 Å². The number of hydrogen-bond acceptors (Lipinski definition) is 1. The first-order chi connectivity index (χ1) is 12.3. The summed E-state index contributed by atoms with van der Waals surface area (Å²) in [4.78, 5) is 12.7. The van der Waals surface area contributed by atoms with Crippen LogP contribution in [0.4, 0.5) is 0 Å². The number of benzene rings is 3. The number of carbonyl (C=O) groups excluding carboxylic acids is 1. The number of carbonyl (C=O) groups is 1. The molecule has 0 heterocycles. The summed E-state index contributed by atoms with van der Waals surface area (Å²) in [5.41, 5.74) is 0. The Morgan fingerprint density at radius 1 is 0.680 bits per heavy atom. The van der Waals surface area contributed by atoms with Gasteiger partial charge < -0.3 is 0 Å². The van der Waals surface area contributed by atoms with Crippen molar-refractivity contribution >= 4 is 34.4 Å². The van der Waals surface area contributed by atoms with E-state index in [1.165, 1.54) is 15.9 Å². The molecule has 0 radical (unpaired) electrons. The highest BCUT2D eigenvalue weighted by Gasteiger charge is 2.25. The van der Waals surface area contributed by atoms with Gasteiger partial charge in [-0.05, 0) is 41.6 Å². The van der Waals surface area contributed by atoms with E-state index >= 15 is 0 Å². The van der Waals surface area contributed by atoms with Crippen molar-refractivity contribution in [1.82, 2.24) is 0 Å². The van der Waals surface area contributed by atoms with Crippen molar-refractivity contribution in [3.8, 4) is 0 Å². The third-order valence-corrected chi connectivity index (χ3v) is 8.12. The molecule has 0 unspecified atom stereocenters. The fourth-order valence-electron chi connectivity index (χ4n) is 3.06. The van der Waals surface area contributed by atoms with Crippen LogP contribution in [-0.2, 0) is 4.79 Å².